The van der Waals surface area contributed by atoms with Gasteiger partial charge in [-0.05, 0) is 0 Å². The fourth-order valence-corrected chi connectivity index (χ4v) is 1.04. The zero-order valence-corrected chi connectivity index (χ0v) is 5.53. The standard InChI is InChI=1S/C6H4N4O/c7-1-4-6-9-5(11)2-10(6)3-8-4/h3H,2H2,(H,9,11). The summed E-state index contributed by atoms with van der Waals surface area (Å²) in [5.41, 5.74) is 0.274. The van der Waals surface area contributed by atoms with E-state index in [4.69, 9.17) is 5.26 Å². The van der Waals surface area contributed by atoms with Crippen LogP contribution in [-0.4, -0.2) is 15.5 Å². The highest BCUT2D eigenvalue weighted by Crippen LogP contribution is 2.17. The smallest absolute Gasteiger partial charge is 0.245 e. The molecule has 2 heterocycles. The molecule has 1 amide bonds. The first-order valence-electron chi connectivity index (χ1n) is 3.06. The van der Waals surface area contributed by atoms with Gasteiger partial charge in [-0.25, -0.2) is 4.98 Å². The van der Waals surface area contributed by atoms with E-state index in [0.29, 0.717) is 5.82 Å². The lowest BCUT2D eigenvalue weighted by Gasteiger charge is -1.88. The summed E-state index contributed by atoms with van der Waals surface area (Å²) >= 11 is 0. The first-order valence-corrected chi connectivity index (χ1v) is 3.06. The van der Waals surface area contributed by atoms with Crippen LogP contribution in [-0.2, 0) is 11.3 Å². The molecule has 0 spiro atoms. The summed E-state index contributed by atoms with van der Waals surface area (Å²) in [7, 11) is 0. The number of nitrogens with one attached hydrogen (secondary N) is 1. The van der Waals surface area contributed by atoms with Crippen molar-refractivity contribution >= 4 is 11.7 Å². The third kappa shape index (κ3) is 0.694. The normalized spacial score (nSPS) is 13.9. The van der Waals surface area contributed by atoms with Crippen LogP contribution in [0.1, 0.15) is 5.69 Å². The maximum absolute atomic E-state index is 10.8. The van der Waals surface area contributed by atoms with E-state index in [-0.39, 0.29) is 18.1 Å². The average Bonchev–Trinajstić information content (AvgIpc) is 2.45. The Kier molecular flexibility index (Phi) is 0.982. The minimum atomic E-state index is -0.0982. The average molecular weight is 148 g/mol. The van der Waals surface area contributed by atoms with Crippen LogP contribution in [0.2, 0.25) is 0 Å². The van der Waals surface area contributed by atoms with E-state index >= 15 is 0 Å². The Balaban J connectivity index is 2.54. The van der Waals surface area contributed by atoms with Crippen molar-refractivity contribution in [3.63, 3.8) is 0 Å². The third-order valence-electron chi connectivity index (χ3n) is 1.52. The van der Waals surface area contributed by atoms with Crippen molar-refractivity contribution in [1.82, 2.24) is 9.55 Å². The molecular formula is C6H4N4O. The number of carbonyl (C=O) groups is 1. The van der Waals surface area contributed by atoms with Crippen LogP contribution in [0.3, 0.4) is 0 Å². The molecule has 54 valence electrons. The predicted molar refractivity (Wildman–Crippen MR) is 35.6 cm³/mol. The second-order valence-corrected chi connectivity index (χ2v) is 2.23. The van der Waals surface area contributed by atoms with Gasteiger partial charge in [-0.1, -0.05) is 0 Å². The minimum absolute atomic E-state index is 0.0982. The highest BCUT2D eigenvalue weighted by Gasteiger charge is 2.20. The van der Waals surface area contributed by atoms with Crippen molar-refractivity contribution in [1.29, 1.82) is 5.26 Å². The molecule has 1 N–H and O–H groups in total. The monoisotopic (exact) mass is 148 g/mol. The first kappa shape index (κ1) is 5.92. The second kappa shape index (κ2) is 1.83. The number of hydrogen-bond acceptors (Lipinski definition) is 3. The van der Waals surface area contributed by atoms with Crippen LogP contribution in [0.5, 0.6) is 0 Å². The second-order valence-electron chi connectivity index (χ2n) is 2.23. The van der Waals surface area contributed by atoms with E-state index in [0.717, 1.165) is 0 Å². The van der Waals surface area contributed by atoms with Crippen LogP contribution < -0.4 is 5.32 Å². The SMILES string of the molecule is N#Cc1ncn2c1NC(=O)C2. The van der Waals surface area contributed by atoms with E-state index in [9.17, 15) is 4.79 Å². The molecule has 5 heteroatoms. The molecule has 1 aromatic heterocycles. The number of nitrogens with zero attached hydrogens (tertiary/aromatic N) is 3. The number of fused-ring (bicyclic) bond motifs is 1. The largest absolute Gasteiger partial charge is 0.308 e. The van der Waals surface area contributed by atoms with Gasteiger partial charge in [-0.3, -0.25) is 4.79 Å². The van der Waals surface area contributed by atoms with E-state index in [1.807, 2.05) is 6.07 Å². The van der Waals surface area contributed by atoms with E-state index in [1.54, 1.807) is 4.57 Å². The highest BCUT2D eigenvalue weighted by atomic mass is 16.2. The molecule has 0 unspecified atom stereocenters. The van der Waals surface area contributed by atoms with Crippen LogP contribution in [0.25, 0.3) is 0 Å². The van der Waals surface area contributed by atoms with Gasteiger partial charge >= 0.3 is 0 Å². The number of carbonyl (C=O) groups excluding carboxylic acids is 1. The van der Waals surface area contributed by atoms with Gasteiger partial charge in [0, 0.05) is 0 Å². The number of anilines is 1. The van der Waals surface area contributed by atoms with Crippen LogP contribution >= 0.6 is 0 Å². The molecule has 0 radical (unpaired) electrons. The lowest BCUT2D eigenvalue weighted by atomic mass is 10.5. The van der Waals surface area contributed by atoms with Gasteiger partial charge in [0.15, 0.2) is 11.5 Å². The van der Waals surface area contributed by atoms with Crippen molar-refractivity contribution in [3.05, 3.63) is 12.0 Å². The molecule has 1 aliphatic rings. The zero-order chi connectivity index (χ0) is 7.84. The molecule has 0 atom stereocenters. The fourth-order valence-electron chi connectivity index (χ4n) is 1.04. The zero-order valence-electron chi connectivity index (χ0n) is 5.53. The summed E-state index contributed by atoms with van der Waals surface area (Å²) in [6.45, 7) is 0.268. The molecule has 0 aliphatic carbocycles. The maximum Gasteiger partial charge on any atom is 0.245 e. The molecular weight excluding hydrogens is 144 g/mol. The summed E-state index contributed by atoms with van der Waals surface area (Å²) in [5, 5.41) is 11.0. The summed E-state index contributed by atoms with van der Waals surface area (Å²) in [4.78, 5) is 14.5. The third-order valence-corrected chi connectivity index (χ3v) is 1.52. The van der Waals surface area contributed by atoms with Crippen molar-refractivity contribution in [2.75, 3.05) is 5.32 Å². The molecule has 11 heavy (non-hydrogen) atoms. The lowest BCUT2D eigenvalue weighted by molar-refractivity contribution is -0.115. The van der Waals surface area contributed by atoms with E-state index < -0.39 is 0 Å². The van der Waals surface area contributed by atoms with Crippen molar-refractivity contribution in [3.8, 4) is 6.07 Å². The number of rotatable bonds is 0. The molecule has 1 aromatic rings. The Morgan fingerprint density at radius 1 is 1.82 bits per heavy atom. The number of nitriles is 1. The van der Waals surface area contributed by atoms with Crippen molar-refractivity contribution in [2.45, 2.75) is 6.54 Å². The van der Waals surface area contributed by atoms with Gasteiger partial charge in [0.25, 0.3) is 0 Å². The Bertz CT molecular complexity index is 359. The quantitative estimate of drug-likeness (QED) is 0.549. The van der Waals surface area contributed by atoms with Crippen LogP contribution in [0, 0.1) is 11.3 Å². The van der Waals surface area contributed by atoms with Gasteiger partial charge in [-0.2, -0.15) is 5.26 Å². The van der Waals surface area contributed by atoms with Gasteiger partial charge in [0.1, 0.15) is 12.6 Å². The number of imidazole rings is 1. The first-order chi connectivity index (χ1) is 5.31. The maximum atomic E-state index is 10.8. The Hall–Kier alpha value is -1.83. The molecule has 0 bridgehead atoms. The molecule has 0 fully saturated rings. The highest BCUT2D eigenvalue weighted by molar-refractivity contribution is 5.94. The number of amides is 1. The summed E-state index contributed by atoms with van der Waals surface area (Å²) in [6, 6.07) is 1.88. The summed E-state index contributed by atoms with van der Waals surface area (Å²) in [6.07, 6.45) is 1.48. The Morgan fingerprint density at radius 2 is 2.64 bits per heavy atom. The molecule has 5 nitrogen and oxygen atoms in total. The topological polar surface area (TPSA) is 70.7 Å². The lowest BCUT2D eigenvalue weighted by Crippen LogP contribution is -2.06. The molecule has 0 saturated carbocycles. The minimum Gasteiger partial charge on any atom is -0.308 e. The van der Waals surface area contributed by atoms with E-state index in [1.165, 1.54) is 6.33 Å². The van der Waals surface area contributed by atoms with Crippen molar-refractivity contribution < 1.29 is 4.79 Å². The van der Waals surface area contributed by atoms with Gasteiger partial charge in [0.05, 0.1) is 6.33 Å². The van der Waals surface area contributed by atoms with Crippen LogP contribution in [0.4, 0.5) is 5.82 Å². The molecule has 0 aromatic carbocycles. The van der Waals surface area contributed by atoms with Gasteiger partial charge in [-0.15, -0.1) is 0 Å². The fraction of sp³-hybridized carbons (Fsp3) is 0.167. The Morgan fingerprint density at radius 3 is 3.36 bits per heavy atom. The molecule has 2 rings (SSSR count). The van der Waals surface area contributed by atoms with Crippen molar-refractivity contribution in [2.24, 2.45) is 0 Å². The number of hydrogen-bond donors (Lipinski definition) is 1. The predicted octanol–water partition coefficient (Wildman–Crippen LogP) is -0.293. The van der Waals surface area contributed by atoms with Crippen LogP contribution in [0.15, 0.2) is 6.33 Å². The van der Waals surface area contributed by atoms with Gasteiger partial charge < -0.3 is 9.88 Å². The Labute approximate surface area is 62.3 Å². The van der Waals surface area contributed by atoms with E-state index in [2.05, 4.69) is 10.3 Å². The summed E-state index contributed by atoms with van der Waals surface area (Å²) in [5.74, 6) is 0.413. The number of aromatic nitrogens is 2. The summed E-state index contributed by atoms with van der Waals surface area (Å²) < 4.78 is 1.61. The molecule has 1 aliphatic heterocycles. The molecule has 0 saturated heterocycles. The van der Waals surface area contributed by atoms with Gasteiger partial charge in [0.2, 0.25) is 5.91 Å².